The molecule has 2 nitrogen and oxygen atoms in total. The van der Waals surface area contributed by atoms with E-state index in [0.717, 1.165) is 17.4 Å². The molecule has 1 aromatic rings. The summed E-state index contributed by atoms with van der Waals surface area (Å²) in [5, 5.41) is 11.3. The van der Waals surface area contributed by atoms with Crippen LogP contribution in [-0.4, -0.2) is 13.1 Å². The van der Waals surface area contributed by atoms with E-state index >= 15 is 0 Å². The van der Waals surface area contributed by atoms with Crippen molar-refractivity contribution in [1.82, 2.24) is 5.32 Å². The highest BCUT2D eigenvalue weighted by Gasteiger charge is 1.96. The van der Waals surface area contributed by atoms with Crippen molar-refractivity contribution in [3.05, 3.63) is 34.3 Å². The van der Waals surface area contributed by atoms with E-state index in [-0.39, 0.29) is 0 Å². The van der Waals surface area contributed by atoms with Gasteiger partial charge in [-0.25, -0.2) is 0 Å². The normalized spacial score (nSPS) is 9.54. The number of hydrogen-bond donors (Lipinski definition) is 1. The summed E-state index contributed by atoms with van der Waals surface area (Å²) >= 11 is 3.47. The Balaban J connectivity index is 2.37. The van der Waals surface area contributed by atoms with Gasteiger partial charge >= 0.3 is 0 Å². The first-order valence-electron chi connectivity index (χ1n) is 4.15. The third-order valence-corrected chi connectivity index (χ3v) is 2.51. The van der Waals surface area contributed by atoms with E-state index < -0.39 is 0 Å². The zero-order chi connectivity index (χ0) is 9.52. The highest BCUT2D eigenvalue weighted by molar-refractivity contribution is 9.10. The molecule has 0 aliphatic carbocycles. The fourth-order valence-electron chi connectivity index (χ4n) is 1.07. The van der Waals surface area contributed by atoms with Crippen LogP contribution in [0, 0.1) is 11.3 Å². The Bertz CT molecular complexity index is 304. The average molecular weight is 239 g/mol. The van der Waals surface area contributed by atoms with Crippen molar-refractivity contribution in [1.29, 1.82) is 5.26 Å². The Labute approximate surface area is 86.7 Å². The minimum atomic E-state index is 0.421. The summed E-state index contributed by atoms with van der Waals surface area (Å²) < 4.78 is 1.13. The number of nitrogens with one attached hydrogen (secondary N) is 1. The molecule has 0 aliphatic heterocycles. The standard InChI is InChI=1S/C10H11BrN2/c11-10-4-2-1-3-9(10)5-7-13-8-6-12/h1-4,13H,5,7-8H2. The molecule has 0 spiro atoms. The maximum absolute atomic E-state index is 8.30. The van der Waals surface area contributed by atoms with Crippen molar-refractivity contribution in [3.63, 3.8) is 0 Å². The zero-order valence-electron chi connectivity index (χ0n) is 7.26. The third-order valence-electron chi connectivity index (χ3n) is 1.73. The van der Waals surface area contributed by atoms with Crippen molar-refractivity contribution < 1.29 is 0 Å². The molecule has 0 amide bonds. The van der Waals surface area contributed by atoms with Crippen molar-refractivity contribution in [3.8, 4) is 6.07 Å². The van der Waals surface area contributed by atoms with Crippen LogP contribution in [0.5, 0.6) is 0 Å². The van der Waals surface area contributed by atoms with Crippen LogP contribution >= 0.6 is 15.9 Å². The fourth-order valence-corrected chi connectivity index (χ4v) is 1.55. The van der Waals surface area contributed by atoms with Crippen LogP contribution in [0.2, 0.25) is 0 Å². The van der Waals surface area contributed by atoms with Gasteiger partial charge in [-0.15, -0.1) is 0 Å². The van der Waals surface area contributed by atoms with E-state index in [1.807, 2.05) is 24.3 Å². The van der Waals surface area contributed by atoms with Gasteiger partial charge in [0.25, 0.3) is 0 Å². The summed E-state index contributed by atoms with van der Waals surface area (Å²) in [4.78, 5) is 0. The first-order chi connectivity index (χ1) is 6.34. The quantitative estimate of drug-likeness (QED) is 0.645. The molecule has 1 N–H and O–H groups in total. The first kappa shape index (κ1) is 10.2. The summed E-state index contributed by atoms with van der Waals surface area (Å²) in [6, 6.07) is 10.2. The number of nitrogens with zero attached hydrogens (tertiary/aromatic N) is 1. The monoisotopic (exact) mass is 238 g/mol. The smallest absolute Gasteiger partial charge is 0.0841 e. The molecular formula is C10H11BrN2. The van der Waals surface area contributed by atoms with Crippen molar-refractivity contribution in [2.75, 3.05) is 13.1 Å². The number of halogens is 1. The number of nitriles is 1. The van der Waals surface area contributed by atoms with Crippen LogP contribution in [-0.2, 0) is 6.42 Å². The van der Waals surface area contributed by atoms with Crippen LogP contribution < -0.4 is 5.32 Å². The molecule has 0 saturated heterocycles. The van der Waals surface area contributed by atoms with Crippen LogP contribution in [0.3, 0.4) is 0 Å². The summed E-state index contributed by atoms with van der Waals surface area (Å²) in [6.45, 7) is 1.26. The fraction of sp³-hybridized carbons (Fsp3) is 0.300. The molecule has 0 fully saturated rings. The highest BCUT2D eigenvalue weighted by Crippen LogP contribution is 2.15. The molecule has 0 atom stereocenters. The molecule has 13 heavy (non-hydrogen) atoms. The second-order valence-corrected chi connectivity index (χ2v) is 3.53. The van der Waals surface area contributed by atoms with Crippen LogP contribution in [0.15, 0.2) is 28.7 Å². The molecule has 0 heterocycles. The molecule has 1 aromatic carbocycles. The molecule has 0 aromatic heterocycles. The van der Waals surface area contributed by atoms with Gasteiger partial charge in [-0.05, 0) is 18.1 Å². The summed E-state index contributed by atoms with van der Waals surface area (Å²) in [5.41, 5.74) is 1.27. The summed E-state index contributed by atoms with van der Waals surface area (Å²) in [7, 11) is 0. The predicted octanol–water partition coefficient (Wildman–Crippen LogP) is 2.10. The number of benzene rings is 1. The van der Waals surface area contributed by atoms with Gasteiger partial charge in [-0.1, -0.05) is 34.1 Å². The molecule has 0 saturated carbocycles. The Morgan fingerprint density at radius 2 is 2.15 bits per heavy atom. The van der Waals surface area contributed by atoms with E-state index in [2.05, 4.69) is 27.3 Å². The molecular weight excluding hydrogens is 228 g/mol. The highest BCUT2D eigenvalue weighted by atomic mass is 79.9. The Morgan fingerprint density at radius 3 is 2.85 bits per heavy atom. The van der Waals surface area contributed by atoms with Gasteiger partial charge in [-0.2, -0.15) is 5.26 Å². The number of hydrogen-bond acceptors (Lipinski definition) is 2. The van der Waals surface area contributed by atoms with E-state index in [1.54, 1.807) is 0 Å². The lowest BCUT2D eigenvalue weighted by molar-refractivity contribution is 0.748. The average Bonchev–Trinajstić information content (AvgIpc) is 2.15. The van der Waals surface area contributed by atoms with Gasteiger partial charge < -0.3 is 5.32 Å². The Morgan fingerprint density at radius 1 is 1.38 bits per heavy atom. The number of rotatable bonds is 4. The van der Waals surface area contributed by atoms with Crippen LogP contribution in [0.4, 0.5) is 0 Å². The SMILES string of the molecule is N#CCNCCc1ccccc1Br. The van der Waals surface area contributed by atoms with Gasteiger partial charge in [0.2, 0.25) is 0 Å². The molecule has 0 radical (unpaired) electrons. The van der Waals surface area contributed by atoms with Crippen molar-refractivity contribution in [2.24, 2.45) is 0 Å². The van der Waals surface area contributed by atoms with Crippen molar-refractivity contribution in [2.45, 2.75) is 6.42 Å². The van der Waals surface area contributed by atoms with E-state index in [1.165, 1.54) is 5.56 Å². The van der Waals surface area contributed by atoms with Gasteiger partial charge in [0.15, 0.2) is 0 Å². The van der Waals surface area contributed by atoms with Gasteiger partial charge in [-0.3, -0.25) is 0 Å². The van der Waals surface area contributed by atoms with Gasteiger partial charge in [0.05, 0.1) is 12.6 Å². The first-order valence-corrected chi connectivity index (χ1v) is 4.95. The molecule has 0 unspecified atom stereocenters. The Kier molecular flexibility index (Phi) is 4.52. The molecule has 3 heteroatoms. The predicted molar refractivity (Wildman–Crippen MR) is 56.3 cm³/mol. The van der Waals surface area contributed by atoms with Crippen LogP contribution in [0.1, 0.15) is 5.56 Å². The van der Waals surface area contributed by atoms with Crippen molar-refractivity contribution >= 4 is 15.9 Å². The molecule has 0 aliphatic rings. The largest absolute Gasteiger partial charge is 0.304 e. The lowest BCUT2D eigenvalue weighted by atomic mass is 10.1. The van der Waals surface area contributed by atoms with Crippen LogP contribution in [0.25, 0.3) is 0 Å². The molecule has 68 valence electrons. The third kappa shape index (κ3) is 3.58. The second kappa shape index (κ2) is 5.74. The van der Waals surface area contributed by atoms with E-state index in [9.17, 15) is 0 Å². The lowest BCUT2D eigenvalue weighted by Gasteiger charge is -2.03. The topological polar surface area (TPSA) is 35.8 Å². The summed E-state index contributed by atoms with van der Waals surface area (Å²) in [6.07, 6.45) is 0.948. The van der Waals surface area contributed by atoms with Gasteiger partial charge in [0, 0.05) is 11.0 Å². The minimum Gasteiger partial charge on any atom is -0.304 e. The lowest BCUT2D eigenvalue weighted by Crippen LogP contribution is -2.17. The minimum absolute atomic E-state index is 0.421. The Hall–Kier alpha value is -0.850. The van der Waals surface area contributed by atoms with E-state index in [4.69, 9.17) is 5.26 Å². The second-order valence-electron chi connectivity index (χ2n) is 2.68. The molecule has 0 bridgehead atoms. The van der Waals surface area contributed by atoms with E-state index in [0.29, 0.717) is 6.54 Å². The summed E-state index contributed by atoms with van der Waals surface area (Å²) in [5.74, 6) is 0. The maximum atomic E-state index is 8.30. The van der Waals surface area contributed by atoms with Gasteiger partial charge in [0.1, 0.15) is 0 Å². The molecule has 1 rings (SSSR count). The zero-order valence-corrected chi connectivity index (χ0v) is 8.84. The maximum Gasteiger partial charge on any atom is 0.0841 e.